The van der Waals surface area contributed by atoms with Gasteiger partial charge >= 0.3 is 0 Å². The van der Waals surface area contributed by atoms with Crippen LogP contribution in [0.5, 0.6) is 0 Å². The van der Waals surface area contributed by atoms with Crippen LogP contribution >= 0.6 is 15.9 Å². The van der Waals surface area contributed by atoms with Gasteiger partial charge < -0.3 is 14.4 Å². The van der Waals surface area contributed by atoms with Gasteiger partial charge in [0, 0.05) is 22.6 Å². The molecule has 0 atom stereocenters. The molecular formula is C19H17BrN6O. The molecule has 0 unspecified atom stereocenters. The Morgan fingerprint density at radius 2 is 2.00 bits per heavy atom. The van der Waals surface area contributed by atoms with Gasteiger partial charge in [0.1, 0.15) is 5.76 Å². The van der Waals surface area contributed by atoms with Crippen molar-refractivity contribution in [3.05, 3.63) is 64.7 Å². The van der Waals surface area contributed by atoms with E-state index in [1.807, 2.05) is 49.7 Å². The van der Waals surface area contributed by atoms with E-state index in [1.54, 1.807) is 18.7 Å². The highest BCUT2D eigenvalue weighted by Crippen LogP contribution is 2.29. The van der Waals surface area contributed by atoms with Gasteiger partial charge in [0.05, 0.1) is 40.9 Å². The van der Waals surface area contributed by atoms with Gasteiger partial charge in [0.2, 0.25) is 0 Å². The molecule has 0 saturated heterocycles. The average molecular weight is 425 g/mol. The molecule has 27 heavy (non-hydrogen) atoms. The van der Waals surface area contributed by atoms with Crippen LogP contribution in [-0.4, -0.2) is 24.7 Å². The second kappa shape index (κ2) is 6.96. The lowest BCUT2D eigenvalue weighted by Gasteiger charge is -2.12. The standard InChI is InChI=1S/C19H17BrN6O/c1-11-18(13(3)27-25-11)16-9-22-12(2)19(24-16)23-14-4-5-17(15(20)8-14)26-7-6-21-10-26/h4-10H,1-3H3,(H,23,24). The number of imidazole rings is 1. The Morgan fingerprint density at radius 3 is 2.67 bits per heavy atom. The van der Waals surface area contributed by atoms with Crippen molar-refractivity contribution in [1.82, 2.24) is 24.7 Å². The van der Waals surface area contributed by atoms with Crippen LogP contribution < -0.4 is 5.32 Å². The minimum absolute atomic E-state index is 0.690. The highest BCUT2D eigenvalue weighted by molar-refractivity contribution is 9.10. The quantitative estimate of drug-likeness (QED) is 0.508. The zero-order valence-corrected chi connectivity index (χ0v) is 16.6. The highest BCUT2D eigenvalue weighted by atomic mass is 79.9. The fourth-order valence-electron chi connectivity index (χ4n) is 2.87. The number of nitrogens with zero attached hydrogens (tertiary/aromatic N) is 5. The van der Waals surface area contributed by atoms with Crippen LogP contribution in [0.2, 0.25) is 0 Å². The third-order valence-electron chi connectivity index (χ3n) is 4.24. The van der Waals surface area contributed by atoms with Crippen molar-refractivity contribution in [3.8, 4) is 16.9 Å². The Hall–Kier alpha value is -3.00. The predicted octanol–water partition coefficient (Wildman–Crippen LogP) is 4.75. The third-order valence-corrected chi connectivity index (χ3v) is 4.87. The van der Waals surface area contributed by atoms with Crippen molar-refractivity contribution in [1.29, 1.82) is 0 Å². The maximum absolute atomic E-state index is 5.25. The van der Waals surface area contributed by atoms with E-state index in [2.05, 4.69) is 36.4 Å². The molecule has 1 N–H and O–H groups in total. The molecule has 1 aromatic carbocycles. The van der Waals surface area contributed by atoms with Crippen LogP contribution in [-0.2, 0) is 0 Å². The van der Waals surface area contributed by atoms with Crippen LogP contribution in [0, 0.1) is 20.8 Å². The topological polar surface area (TPSA) is 81.7 Å². The first-order valence-corrected chi connectivity index (χ1v) is 9.14. The first-order chi connectivity index (χ1) is 13.0. The van der Waals surface area contributed by atoms with Crippen LogP contribution in [0.15, 0.2) is 52.1 Å². The maximum Gasteiger partial charge on any atom is 0.152 e. The number of aromatic nitrogens is 5. The summed E-state index contributed by atoms with van der Waals surface area (Å²) in [6.45, 7) is 5.68. The Labute approximate surface area is 164 Å². The Balaban J connectivity index is 1.67. The number of aryl methyl sites for hydroxylation is 3. The number of halogens is 1. The lowest BCUT2D eigenvalue weighted by atomic mass is 10.1. The number of hydrogen-bond donors (Lipinski definition) is 1. The van der Waals surface area contributed by atoms with E-state index in [0.717, 1.165) is 44.3 Å². The van der Waals surface area contributed by atoms with E-state index in [9.17, 15) is 0 Å². The van der Waals surface area contributed by atoms with Gasteiger partial charge in [-0.3, -0.25) is 4.98 Å². The molecule has 0 amide bonds. The summed E-state index contributed by atoms with van der Waals surface area (Å²) in [5.41, 5.74) is 5.12. The molecule has 0 aliphatic heterocycles. The number of rotatable bonds is 4. The smallest absolute Gasteiger partial charge is 0.152 e. The minimum atomic E-state index is 0.690. The van der Waals surface area contributed by atoms with E-state index < -0.39 is 0 Å². The minimum Gasteiger partial charge on any atom is -0.361 e. The molecule has 4 aromatic rings. The second-order valence-corrected chi connectivity index (χ2v) is 7.00. The molecule has 136 valence electrons. The molecule has 0 saturated carbocycles. The van der Waals surface area contributed by atoms with Gasteiger partial charge in [-0.05, 0) is 54.9 Å². The van der Waals surface area contributed by atoms with Crippen LogP contribution in [0.25, 0.3) is 16.9 Å². The summed E-state index contributed by atoms with van der Waals surface area (Å²) in [7, 11) is 0. The predicted molar refractivity (Wildman–Crippen MR) is 106 cm³/mol. The summed E-state index contributed by atoms with van der Waals surface area (Å²) in [4.78, 5) is 13.3. The van der Waals surface area contributed by atoms with Crippen molar-refractivity contribution < 1.29 is 4.52 Å². The molecule has 0 aliphatic rings. The van der Waals surface area contributed by atoms with E-state index in [4.69, 9.17) is 9.51 Å². The molecule has 4 rings (SSSR count). The van der Waals surface area contributed by atoms with Crippen molar-refractivity contribution in [2.45, 2.75) is 20.8 Å². The average Bonchev–Trinajstić information content (AvgIpc) is 3.28. The van der Waals surface area contributed by atoms with E-state index in [-0.39, 0.29) is 0 Å². The molecule has 8 heteroatoms. The van der Waals surface area contributed by atoms with Crippen molar-refractivity contribution >= 4 is 27.4 Å². The van der Waals surface area contributed by atoms with Gasteiger partial charge in [-0.25, -0.2) is 9.97 Å². The second-order valence-electron chi connectivity index (χ2n) is 6.15. The Bertz CT molecular complexity index is 1080. The number of benzene rings is 1. The summed E-state index contributed by atoms with van der Waals surface area (Å²) in [5.74, 6) is 1.42. The van der Waals surface area contributed by atoms with Crippen LogP contribution in [0.4, 0.5) is 11.5 Å². The number of hydrogen-bond acceptors (Lipinski definition) is 6. The molecule has 0 bridgehead atoms. The van der Waals surface area contributed by atoms with Gasteiger partial charge in [0.15, 0.2) is 5.82 Å². The van der Waals surface area contributed by atoms with E-state index in [1.165, 1.54) is 0 Å². The SMILES string of the molecule is Cc1ncc(-c2c(C)noc2C)nc1Nc1ccc(-n2ccnc2)c(Br)c1. The first-order valence-electron chi connectivity index (χ1n) is 8.34. The monoisotopic (exact) mass is 424 g/mol. The van der Waals surface area contributed by atoms with E-state index >= 15 is 0 Å². The Kier molecular flexibility index (Phi) is 4.49. The zero-order chi connectivity index (χ0) is 19.0. The van der Waals surface area contributed by atoms with Crippen LogP contribution in [0.3, 0.4) is 0 Å². The molecule has 3 heterocycles. The van der Waals surface area contributed by atoms with Crippen molar-refractivity contribution in [3.63, 3.8) is 0 Å². The summed E-state index contributed by atoms with van der Waals surface area (Å²) in [5, 5.41) is 7.34. The van der Waals surface area contributed by atoms with Gasteiger partial charge in [-0.1, -0.05) is 5.16 Å². The molecule has 0 aliphatic carbocycles. The summed E-state index contributed by atoms with van der Waals surface area (Å²) in [6, 6.07) is 6.00. The highest BCUT2D eigenvalue weighted by Gasteiger charge is 2.15. The zero-order valence-electron chi connectivity index (χ0n) is 15.1. The molecular weight excluding hydrogens is 408 g/mol. The molecule has 0 spiro atoms. The maximum atomic E-state index is 5.25. The van der Waals surface area contributed by atoms with Gasteiger partial charge in [-0.2, -0.15) is 0 Å². The summed E-state index contributed by atoms with van der Waals surface area (Å²) >= 11 is 3.62. The largest absolute Gasteiger partial charge is 0.361 e. The normalized spacial score (nSPS) is 11.0. The first kappa shape index (κ1) is 17.4. The molecule has 7 nitrogen and oxygen atoms in total. The molecule has 0 radical (unpaired) electrons. The lowest BCUT2D eigenvalue weighted by molar-refractivity contribution is 0.393. The fraction of sp³-hybridized carbons (Fsp3) is 0.158. The van der Waals surface area contributed by atoms with Crippen molar-refractivity contribution in [2.75, 3.05) is 5.32 Å². The van der Waals surface area contributed by atoms with Crippen molar-refractivity contribution in [2.24, 2.45) is 0 Å². The van der Waals surface area contributed by atoms with Gasteiger partial charge in [0.25, 0.3) is 0 Å². The third kappa shape index (κ3) is 3.35. The molecule has 3 aromatic heterocycles. The summed E-state index contributed by atoms with van der Waals surface area (Å²) in [6.07, 6.45) is 7.15. The number of nitrogens with one attached hydrogen (secondary N) is 1. The molecule has 0 fully saturated rings. The number of anilines is 2. The Morgan fingerprint density at radius 1 is 1.15 bits per heavy atom. The van der Waals surface area contributed by atoms with Crippen LogP contribution in [0.1, 0.15) is 17.1 Å². The summed E-state index contributed by atoms with van der Waals surface area (Å²) < 4.78 is 8.13. The van der Waals surface area contributed by atoms with Gasteiger partial charge in [-0.15, -0.1) is 0 Å². The fourth-order valence-corrected chi connectivity index (χ4v) is 3.45. The van der Waals surface area contributed by atoms with E-state index in [0.29, 0.717) is 5.82 Å². The lowest BCUT2D eigenvalue weighted by Crippen LogP contribution is -2.01.